The van der Waals surface area contributed by atoms with Crippen molar-refractivity contribution in [1.82, 2.24) is 0 Å². The van der Waals surface area contributed by atoms with Gasteiger partial charge in [-0.15, -0.1) is 0 Å². The quantitative estimate of drug-likeness (QED) is 0.774. The molecule has 0 aliphatic rings. The molecule has 0 amide bonds. The number of hydrogen-bond acceptors (Lipinski definition) is 3. The maximum atomic E-state index is 11.5. The fourth-order valence-electron chi connectivity index (χ4n) is 1.53. The molecule has 0 N–H and O–H groups in total. The van der Waals surface area contributed by atoms with Crippen LogP contribution in [0.1, 0.15) is 5.56 Å². The van der Waals surface area contributed by atoms with Gasteiger partial charge in [-0.3, -0.25) is 0 Å². The average Bonchev–Trinajstić information content (AvgIpc) is 2.37. The number of benzene rings is 2. The van der Waals surface area contributed by atoms with E-state index < -0.39 is 9.05 Å². The van der Waals surface area contributed by atoms with E-state index >= 15 is 0 Å². The molecule has 0 radical (unpaired) electrons. The summed E-state index contributed by atoms with van der Waals surface area (Å²) in [5.74, 6) is 0.238. The van der Waals surface area contributed by atoms with E-state index in [0.29, 0.717) is 4.47 Å². The molecule has 0 bridgehead atoms. The predicted molar refractivity (Wildman–Crippen MR) is 78.0 cm³/mol. The molecule has 0 spiro atoms. The highest BCUT2D eigenvalue weighted by atomic mass is 79.9. The van der Waals surface area contributed by atoms with Crippen molar-refractivity contribution < 1.29 is 13.2 Å². The van der Waals surface area contributed by atoms with Crippen LogP contribution in [0.25, 0.3) is 0 Å². The van der Waals surface area contributed by atoms with E-state index in [4.69, 9.17) is 15.4 Å². The molecule has 19 heavy (non-hydrogen) atoms. The van der Waals surface area contributed by atoms with E-state index in [0.717, 1.165) is 5.56 Å². The molecule has 2 aromatic rings. The van der Waals surface area contributed by atoms with E-state index in [-0.39, 0.29) is 17.3 Å². The van der Waals surface area contributed by atoms with Gasteiger partial charge in [0.15, 0.2) is 0 Å². The van der Waals surface area contributed by atoms with Gasteiger partial charge in [0, 0.05) is 15.2 Å². The second kappa shape index (κ2) is 5.94. The van der Waals surface area contributed by atoms with Gasteiger partial charge in [0.05, 0.1) is 0 Å². The summed E-state index contributed by atoms with van der Waals surface area (Å²) in [6, 6.07) is 14.2. The van der Waals surface area contributed by atoms with Crippen molar-refractivity contribution in [2.45, 2.75) is 11.5 Å². The number of hydrogen-bond donors (Lipinski definition) is 0. The highest BCUT2D eigenvalue weighted by Gasteiger charge is 2.17. The molecule has 0 aliphatic carbocycles. The zero-order valence-electron chi connectivity index (χ0n) is 9.71. The number of halogens is 2. The molecule has 2 rings (SSSR count). The van der Waals surface area contributed by atoms with E-state index in [9.17, 15) is 8.42 Å². The molecule has 100 valence electrons. The third-order valence-corrected chi connectivity index (χ3v) is 4.24. The summed E-state index contributed by atoms with van der Waals surface area (Å²) in [5.41, 5.74) is 0.948. The third-order valence-electron chi connectivity index (χ3n) is 2.41. The lowest BCUT2D eigenvalue weighted by Gasteiger charge is -2.10. The summed E-state index contributed by atoms with van der Waals surface area (Å²) in [7, 11) is 1.55. The van der Waals surface area contributed by atoms with E-state index in [1.54, 1.807) is 12.1 Å². The lowest BCUT2D eigenvalue weighted by Crippen LogP contribution is -2.00. The Morgan fingerprint density at radius 1 is 1.11 bits per heavy atom. The van der Waals surface area contributed by atoms with Crippen molar-refractivity contribution >= 4 is 35.7 Å². The molecule has 6 heteroatoms. The van der Waals surface area contributed by atoms with Crippen molar-refractivity contribution in [1.29, 1.82) is 0 Å². The summed E-state index contributed by atoms with van der Waals surface area (Å²) < 4.78 is 29.1. The minimum atomic E-state index is -3.84. The second-order valence-electron chi connectivity index (χ2n) is 3.80. The number of ether oxygens (including phenoxy) is 1. The minimum Gasteiger partial charge on any atom is -0.487 e. The van der Waals surface area contributed by atoms with E-state index in [1.165, 1.54) is 6.07 Å². The van der Waals surface area contributed by atoms with Crippen molar-refractivity contribution in [3.05, 3.63) is 58.6 Å². The van der Waals surface area contributed by atoms with Gasteiger partial charge in [-0.2, -0.15) is 0 Å². The first-order valence-electron chi connectivity index (χ1n) is 5.38. The van der Waals surface area contributed by atoms with Gasteiger partial charge >= 0.3 is 0 Å². The lowest BCUT2D eigenvalue weighted by molar-refractivity contribution is 0.298. The molecular weight excluding hydrogens is 352 g/mol. The third kappa shape index (κ3) is 3.96. The molecule has 0 aliphatic heterocycles. The summed E-state index contributed by atoms with van der Waals surface area (Å²) in [6.45, 7) is 0.280. The molecule has 2 aromatic carbocycles. The summed E-state index contributed by atoms with van der Waals surface area (Å²) in [6.07, 6.45) is 0. The molecule has 0 saturated heterocycles. The Hall–Kier alpha value is -1.04. The zero-order valence-corrected chi connectivity index (χ0v) is 12.9. The van der Waals surface area contributed by atoms with Crippen molar-refractivity contribution in [3.63, 3.8) is 0 Å². The van der Waals surface area contributed by atoms with Gasteiger partial charge in [0.2, 0.25) is 0 Å². The van der Waals surface area contributed by atoms with Crippen molar-refractivity contribution in [2.75, 3.05) is 0 Å². The summed E-state index contributed by atoms with van der Waals surface area (Å²) in [4.78, 5) is -0.0422. The van der Waals surface area contributed by atoms with Crippen LogP contribution < -0.4 is 4.74 Å². The molecule has 0 heterocycles. The largest absolute Gasteiger partial charge is 0.487 e. The first-order chi connectivity index (χ1) is 8.97. The summed E-state index contributed by atoms with van der Waals surface area (Å²) in [5, 5.41) is 0. The maximum absolute atomic E-state index is 11.5. The SMILES string of the molecule is O=S(=O)(Cl)c1cc(Br)ccc1OCc1ccccc1. The highest BCUT2D eigenvalue weighted by molar-refractivity contribution is 9.10. The first-order valence-corrected chi connectivity index (χ1v) is 8.48. The fourth-order valence-corrected chi connectivity index (χ4v) is 3.04. The molecule has 3 nitrogen and oxygen atoms in total. The van der Waals surface area contributed by atoms with Crippen LogP contribution in [0, 0.1) is 0 Å². The van der Waals surface area contributed by atoms with Gasteiger partial charge in [-0.25, -0.2) is 8.42 Å². The Labute approximate surface area is 124 Å². The van der Waals surface area contributed by atoms with E-state index in [1.807, 2.05) is 30.3 Å². The molecule has 0 unspecified atom stereocenters. The Morgan fingerprint density at radius 3 is 2.42 bits per heavy atom. The highest BCUT2D eigenvalue weighted by Crippen LogP contribution is 2.30. The fraction of sp³-hybridized carbons (Fsp3) is 0.0769. The Bertz CT molecular complexity index is 672. The van der Waals surface area contributed by atoms with Gasteiger partial charge in [0.1, 0.15) is 17.3 Å². The number of rotatable bonds is 4. The maximum Gasteiger partial charge on any atom is 0.265 e. The first kappa shape index (κ1) is 14.4. The van der Waals surface area contributed by atoms with Crippen LogP contribution in [-0.4, -0.2) is 8.42 Å². The van der Waals surface area contributed by atoms with E-state index in [2.05, 4.69) is 15.9 Å². The average molecular weight is 362 g/mol. The molecule has 0 fully saturated rings. The van der Waals surface area contributed by atoms with Crippen LogP contribution >= 0.6 is 26.6 Å². The molecule has 0 saturated carbocycles. The Morgan fingerprint density at radius 2 is 1.79 bits per heavy atom. The normalized spacial score (nSPS) is 11.3. The van der Waals surface area contributed by atoms with Gasteiger partial charge in [-0.05, 0) is 23.8 Å². The smallest absolute Gasteiger partial charge is 0.265 e. The Balaban J connectivity index is 2.26. The van der Waals surface area contributed by atoms with Crippen molar-refractivity contribution in [3.8, 4) is 5.75 Å². The second-order valence-corrected chi connectivity index (χ2v) is 7.25. The summed E-state index contributed by atoms with van der Waals surface area (Å²) >= 11 is 3.21. The topological polar surface area (TPSA) is 43.4 Å². The molecule has 0 atom stereocenters. The Kier molecular flexibility index (Phi) is 4.50. The van der Waals surface area contributed by atoms with Gasteiger partial charge in [0.25, 0.3) is 9.05 Å². The molecule has 0 aromatic heterocycles. The van der Waals surface area contributed by atoms with Gasteiger partial charge in [-0.1, -0.05) is 46.3 Å². The predicted octanol–water partition coefficient (Wildman–Crippen LogP) is 3.96. The molecular formula is C13H10BrClO3S. The van der Waals surface area contributed by atoms with Crippen LogP contribution in [0.15, 0.2) is 57.9 Å². The van der Waals surface area contributed by atoms with Crippen LogP contribution in [0.3, 0.4) is 0 Å². The van der Waals surface area contributed by atoms with Crippen LogP contribution in [0.2, 0.25) is 0 Å². The monoisotopic (exact) mass is 360 g/mol. The van der Waals surface area contributed by atoms with Crippen LogP contribution in [-0.2, 0) is 15.7 Å². The zero-order chi connectivity index (χ0) is 13.9. The van der Waals surface area contributed by atoms with Crippen LogP contribution in [0.5, 0.6) is 5.75 Å². The van der Waals surface area contributed by atoms with Crippen LogP contribution in [0.4, 0.5) is 0 Å². The lowest BCUT2D eigenvalue weighted by atomic mass is 10.2. The van der Waals surface area contributed by atoms with Crippen molar-refractivity contribution in [2.24, 2.45) is 0 Å². The standard InChI is InChI=1S/C13H10BrClO3S/c14-11-6-7-12(13(8-11)19(15,16)17)18-9-10-4-2-1-3-5-10/h1-8H,9H2. The van der Waals surface area contributed by atoms with Gasteiger partial charge < -0.3 is 4.74 Å². The minimum absolute atomic E-state index is 0.0422.